The van der Waals surface area contributed by atoms with Gasteiger partial charge < -0.3 is 15.2 Å². The third kappa shape index (κ3) is 2.84. The minimum atomic E-state index is -1.67. The highest BCUT2D eigenvalue weighted by Crippen LogP contribution is 2.29. The summed E-state index contributed by atoms with van der Waals surface area (Å²) in [6.07, 6.45) is -0.963. The standard InChI is InChI=1S/C12H11BF2O3S/c1-6(16)7-2-9(14)12(10(15)3-7)8-4-11(13(17)18)19-5-8/h2-6,16-18H,1H3. The van der Waals surface area contributed by atoms with E-state index in [-0.39, 0.29) is 21.5 Å². The molecule has 1 atom stereocenters. The molecular formula is C12H11BF2O3S. The predicted molar refractivity (Wildman–Crippen MR) is 70.1 cm³/mol. The van der Waals surface area contributed by atoms with E-state index in [0.29, 0.717) is 0 Å². The quantitative estimate of drug-likeness (QED) is 0.747. The van der Waals surface area contributed by atoms with Crippen LogP contribution in [0.5, 0.6) is 0 Å². The van der Waals surface area contributed by atoms with Crippen molar-refractivity contribution in [3.63, 3.8) is 0 Å². The number of aliphatic hydroxyl groups is 1. The number of aliphatic hydroxyl groups excluding tert-OH is 1. The zero-order chi connectivity index (χ0) is 14.2. The molecule has 1 aromatic heterocycles. The van der Waals surface area contributed by atoms with Crippen molar-refractivity contribution in [2.45, 2.75) is 13.0 Å². The molecule has 3 N–H and O–H groups in total. The lowest BCUT2D eigenvalue weighted by molar-refractivity contribution is 0.198. The third-order valence-corrected chi connectivity index (χ3v) is 3.68. The van der Waals surface area contributed by atoms with Gasteiger partial charge >= 0.3 is 7.12 Å². The van der Waals surface area contributed by atoms with Gasteiger partial charge in [0.05, 0.1) is 11.7 Å². The summed E-state index contributed by atoms with van der Waals surface area (Å²) in [5, 5.41) is 28.7. The fourth-order valence-corrected chi connectivity index (χ4v) is 2.49. The summed E-state index contributed by atoms with van der Waals surface area (Å²) < 4.78 is 28.0. The molecule has 0 spiro atoms. The normalized spacial score (nSPS) is 12.5. The number of thiophene rings is 1. The Morgan fingerprint density at radius 1 is 1.16 bits per heavy atom. The molecule has 1 aromatic carbocycles. The smallest absolute Gasteiger partial charge is 0.423 e. The molecule has 0 fully saturated rings. The molecule has 0 saturated heterocycles. The van der Waals surface area contributed by atoms with E-state index < -0.39 is 24.9 Å². The molecule has 0 amide bonds. The van der Waals surface area contributed by atoms with Crippen LogP contribution in [0.1, 0.15) is 18.6 Å². The van der Waals surface area contributed by atoms with Crippen LogP contribution in [-0.2, 0) is 0 Å². The van der Waals surface area contributed by atoms with E-state index in [1.807, 2.05) is 0 Å². The summed E-state index contributed by atoms with van der Waals surface area (Å²) in [4.78, 5) is 0. The van der Waals surface area contributed by atoms with Gasteiger partial charge in [0.1, 0.15) is 11.6 Å². The number of benzene rings is 1. The highest BCUT2D eigenvalue weighted by Gasteiger charge is 2.19. The summed E-state index contributed by atoms with van der Waals surface area (Å²) in [5.41, 5.74) is 0.143. The van der Waals surface area contributed by atoms with E-state index in [1.54, 1.807) is 0 Å². The molecule has 1 heterocycles. The van der Waals surface area contributed by atoms with Gasteiger partial charge in [-0.3, -0.25) is 0 Å². The van der Waals surface area contributed by atoms with Crippen LogP contribution in [0.15, 0.2) is 23.6 Å². The van der Waals surface area contributed by atoms with Crippen molar-refractivity contribution < 1.29 is 23.9 Å². The minimum absolute atomic E-state index is 0.149. The fourth-order valence-electron chi connectivity index (χ4n) is 1.73. The van der Waals surface area contributed by atoms with Gasteiger partial charge in [0.15, 0.2) is 0 Å². The van der Waals surface area contributed by atoms with Crippen LogP contribution in [0.25, 0.3) is 11.1 Å². The number of hydrogen-bond acceptors (Lipinski definition) is 4. The zero-order valence-corrected chi connectivity index (χ0v) is 10.8. The number of hydrogen-bond donors (Lipinski definition) is 3. The second-order valence-electron chi connectivity index (χ2n) is 4.15. The second kappa shape index (κ2) is 5.38. The van der Waals surface area contributed by atoms with Crippen molar-refractivity contribution in [1.82, 2.24) is 0 Å². The molecule has 100 valence electrons. The van der Waals surface area contributed by atoms with Crippen LogP contribution in [0.2, 0.25) is 0 Å². The van der Waals surface area contributed by atoms with Gasteiger partial charge in [-0.25, -0.2) is 8.78 Å². The van der Waals surface area contributed by atoms with Crippen LogP contribution < -0.4 is 4.78 Å². The van der Waals surface area contributed by atoms with E-state index in [4.69, 9.17) is 10.0 Å². The minimum Gasteiger partial charge on any atom is -0.423 e. The van der Waals surface area contributed by atoms with Crippen LogP contribution in [0, 0.1) is 11.6 Å². The van der Waals surface area contributed by atoms with Crippen LogP contribution in [0.3, 0.4) is 0 Å². The lowest BCUT2D eigenvalue weighted by Crippen LogP contribution is -2.26. The highest BCUT2D eigenvalue weighted by molar-refractivity contribution is 7.20. The summed E-state index contributed by atoms with van der Waals surface area (Å²) in [7, 11) is -1.67. The third-order valence-electron chi connectivity index (χ3n) is 2.71. The van der Waals surface area contributed by atoms with E-state index in [0.717, 1.165) is 23.5 Å². The molecule has 0 aliphatic carbocycles. The van der Waals surface area contributed by atoms with Gasteiger partial charge in [-0.05, 0) is 41.6 Å². The van der Waals surface area contributed by atoms with Crippen LogP contribution in [-0.4, -0.2) is 22.3 Å². The lowest BCUT2D eigenvalue weighted by Gasteiger charge is -2.09. The van der Waals surface area contributed by atoms with E-state index in [1.165, 1.54) is 18.4 Å². The first-order valence-corrected chi connectivity index (χ1v) is 6.40. The number of rotatable bonds is 3. The van der Waals surface area contributed by atoms with Crippen molar-refractivity contribution in [1.29, 1.82) is 0 Å². The van der Waals surface area contributed by atoms with Gasteiger partial charge in [0.25, 0.3) is 0 Å². The van der Waals surface area contributed by atoms with E-state index in [2.05, 4.69) is 0 Å². The molecule has 0 saturated carbocycles. The Bertz CT molecular complexity index is 575. The molecule has 3 nitrogen and oxygen atoms in total. The lowest BCUT2D eigenvalue weighted by atomic mass is 9.88. The predicted octanol–water partition coefficient (Wildman–Crippen LogP) is 1.43. The first-order chi connectivity index (χ1) is 8.90. The Labute approximate surface area is 112 Å². The van der Waals surface area contributed by atoms with Crippen molar-refractivity contribution in [2.24, 2.45) is 0 Å². The second-order valence-corrected chi connectivity index (χ2v) is 5.09. The topological polar surface area (TPSA) is 60.7 Å². The average Bonchev–Trinajstić information content (AvgIpc) is 2.77. The van der Waals surface area contributed by atoms with Crippen molar-refractivity contribution in [3.05, 3.63) is 40.8 Å². The molecule has 2 rings (SSSR count). The summed E-state index contributed by atoms with van der Waals surface area (Å²) >= 11 is 0.998. The van der Waals surface area contributed by atoms with Crippen LogP contribution in [0.4, 0.5) is 8.78 Å². The Morgan fingerprint density at radius 3 is 2.16 bits per heavy atom. The SMILES string of the molecule is CC(O)c1cc(F)c(-c2csc(B(O)O)c2)c(F)c1. The maximum Gasteiger partial charge on any atom is 0.499 e. The molecule has 0 aliphatic heterocycles. The molecule has 19 heavy (non-hydrogen) atoms. The Morgan fingerprint density at radius 2 is 1.74 bits per heavy atom. The first-order valence-electron chi connectivity index (χ1n) is 5.52. The molecule has 0 aliphatic rings. The molecule has 2 aromatic rings. The van der Waals surface area contributed by atoms with Crippen LogP contribution >= 0.6 is 11.3 Å². The first kappa shape index (κ1) is 14.1. The van der Waals surface area contributed by atoms with E-state index >= 15 is 0 Å². The van der Waals surface area contributed by atoms with E-state index in [9.17, 15) is 13.9 Å². The van der Waals surface area contributed by atoms with Gasteiger partial charge in [-0.15, -0.1) is 0 Å². The van der Waals surface area contributed by atoms with Gasteiger partial charge in [0.2, 0.25) is 0 Å². The molecular weight excluding hydrogens is 273 g/mol. The fraction of sp³-hybridized carbons (Fsp3) is 0.167. The monoisotopic (exact) mass is 284 g/mol. The maximum absolute atomic E-state index is 13.9. The highest BCUT2D eigenvalue weighted by atomic mass is 32.1. The summed E-state index contributed by atoms with van der Waals surface area (Å²) in [6.45, 7) is 1.42. The van der Waals surface area contributed by atoms with Gasteiger partial charge in [-0.2, -0.15) is 11.3 Å². The van der Waals surface area contributed by atoms with Crippen molar-refractivity contribution >= 4 is 23.2 Å². The number of halogens is 2. The zero-order valence-electron chi connectivity index (χ0n) is 9.97. The molecule has 1 unspecified atom stereocenters. The van der Waals surface area contributed by atoms with Crippen molar-refractivity contribution in [3.8, 4) is 11.1 Å². The Kier molecular flexibility index (Phi) is 4.00. The largest absolute Gasteiger partial charge is 0.499 e. The Balaban J connectivity index is 2.50. The van der Waals surface area contributed by atoms with Crippen molar-refractivity contribution in [2.75, 3.05) is 0 Å². The Hall–Kier alpha value is -1.28. The summed E-state index contributed by atoms with van der Waals surface area (Å²) in [5.74, 6) is -1.60. The van der Waals surface area contributed by atoms with Gasteiger partial charge in [0, 0.05) is 4.78 Å². The average molecular weight is 284 g/mol. The maximum atomic E-state index is 13.9. The molecule has 0 bridgehead atoms. The molecule has 0 radical (unpaired) electrons. The molecule has 7 heteroatoms. The van der Waals surface area contributed by atoms with Gasteiger partial charge in [-0.1, -0.05) is 0 Å². The summed E-state index contributed by atoms with van der Waals surface area (Å²) in [6, 6.07) is 3.45.